The number of hydrogen-bond donors (Lipinski definition) is 2. The quantitative estimate of drug-likeness (QED) is 0.345. The van der Waals surface area contributed by atoms with Crippen molar-refractivity contribution in [3.63, 3.8) is 0 Å². The highest BCUT2D eigenvalue weighted by Gasteiger charge is 2.31. The van der Waals surface area contributed by atoms with Crippen molar-refractivity contribution in [3.05, 3.63) is 45.4 Å². The van der Waals surface area contributed by atoms with Gasteiger partial charge in [0.2, 0.25) is 0 Å². The van der Waals surface area contributed by atoms with Crippen molar-refractivity contribution < 1.29 is 17.9 Å². The fourth-order valence-corrected chi connectivity index (χ4v) is 3.31. The summed E-state index contributed by atoms with van der Waals surface area (Å²) in [5.74, 6) is 0.282. The normalized spacial score (nSPS) is 11.7. The van der Waals surface area contributed by atoms with E-state index < -0.39 is 6.36 Å². The zero-order chi connectivity index (χ0) is 19.2. The fourth-order valence-electron chi connectivity index (χ4n) is 2.37. The summed E-state index contributed by atoms with van der Waals surface area (Å²) in [6, 6.07) is 6.02. The summed E-state index contributed by atoms with van der Waals surface area (Å²) in [6.45, 7) is 4.74. The Labute approximate surface area is 177 Å². The fraction of sp³-hybridized carbons (Fsp3) is 0.412. The molecule has 0 aliphatic carbocycles. The monoisotopic (exact) mass is 514 g/mol. The third kappa shape index (κ3) is 7.91. The van der Waals surface area contributed by atoms with Gasteiger partial charge in [0.1, 0.15) is 5.75 Å². The molecule has 0 saturated carbocycles. The number of benzene rings is 1. The van der Waals surface area contributed by atoms with E-state index in [1.165, 1.54) is 17.0 Å². The Bertz CT molecular complexity index is 765. The van der Waals surface area contributed by atoms with Crippen LogP contribution in [0.3, 0.4) is 0 Å². The van der Waals surface area contributed by atoms with Gasteiger partial charge in [0.15, 0.2) is 5.96 Å². The Morgan fingerprint density at radius 3 is 2.52 bits per heavy atom. The van der Waals surface area contributed by atoms with Crippen molar-refractivity contribution in [1.29, 1.82) is 0 Å². The molecular weight excluding hydrogens is 492 g/mol. The van der Waals surface area contributed by atoms with E-state index in [0.29, 0.717) is 18.1 Å². The number of nitrogens with one attached hydrogen (secondary N) is 2. The van der Waals surface area contributed by atoms with Crippen LogP contribution in [0.1, 0.15) is 21.1 Å². The van der Waals surface area contributed by atoms with Gasteiger partial charge in [-0.05, 0) is 19.9 Å². The maximum atomic E-state index is 12.5. The number of rotatable bonds is 6. The van der Waals surface area contributed by atoms with E-state index >= 15 is 0 Å². The van der Waals surface area contributed by atoms with E-state index in [9.17, 15) is 13.2 Å². The van der Waals surface area contributed by atoms with Gasteiger partial charge in [-0.25, -0.2) is 4.98 Å². The van der Waals surface area contributed by atoms with Crippen LogP contribution in [0.5, 0.6) is 5.75 Å². The number of halogens is 4. The molecule has 0 aliphatic rings. The lowest BCUT2D eigenvalue weighted by molar-refractivity contribution is -0.274. The van der Waals surface area contributed by atoms with Crippen LogP contribution in [0.4, 0.5) is 13.2 Å². The van der Waals surface area contributed by atoms with Crippen molar-refractivity contribution in [2.75, 3.05) is 13.6 Å². The van der Waals surface area contributed by atoms with Gasteiger partial charge in [0, 0.05) is 37.0 Å². The van der Waals surface area contributed by atoms with Crippen LogP contribution in [-0.2, 0) is 13.0 Å². The number of para-hydroxylation sites is 1. The molecular formula is C17H22F3IN4OS. The molecule has 27 heavy (non-hydrogen) atoms. The van der Waals surface area contributed by atoms with E-state index in [1.54, 1.807) is 30.5 Å². The van der Waals surface area contributed by atoms with Gasteiger partial charge in [0.25, 0.3) is 0 Å². The van der Waals surface area contributed by atoms with E-state index in [-0.39, 0.29) is 36.3 Å². The molecule has 0 spiro atoms. The van der Waals surface area contributed by atoms with E-state index in [0.717, 1.165) is 17.1 Å². The average Bonchev–Trinajstić information content (AvgIpc) is 2.88. The van der Waals surface area contributed by atoms with Gasteiger partial charge in [-0.15, -0.1) is 48.5 Å². The van der Waals surface area contributed by atoms with E-state index in [1.807, 2.05) is 13.8 Å². The summed E-state index contributed by atoms with van der Waals surface area (Å²) in [4.78, 5) is 9.67. The Hall–Kier alpha value is -1.56. The third-order valence-corrected chi connectivity index (χ3v) is 4.64. The van der Waals surface area contributed by atoms with E-state index in [4.69, 9.17) is 0 Å². The Morgan fingerprint density at radius 2 is 1.93 bits per heavy atom. The summed E-state index contributed by atoms with van der Waals surface area (Å²) < 4.78 is 41.4. The van der Waals surface area contributed by atoms with Gasteiger partial charge >= 0.3 is 6.36 Å². The number of ether oxygens (including phenoxy) is 1. The van der Waals surface area contributed by atoms with Crippen LogP contribution in [0.2, 0.25) is 0 Å². The smallest absolute Gasteiger partial charge is 0.405 e. The molecule has 0 aliphatic heterocycles. The van der Waals surface area contributed by atoms with Crippen LogP contribution < -0.4 is 15.4 Å². The first-order chi connectivity index (χ1) is 12.3. The molecule has 2 aromatic rings. The molecule has 5 nitrogen and oxygen atoms in total. The molecule has 0 fully saturated rings. The largest absolute Gasteiger partial charge is 0.573 e. The maximum Gasteiger partial charge on any atom is 0.573 e. The molecule has 1 aromatic carbocycles. The molecule has 10 heteroatoms. The van der Waals surface area contributed by atoms with Crippen molar-refractivity contribution >= 4 is 41.3 Å². The molecule has 0 atom stereocenters. The predicted molar refractivity (Wildman–Crippen MR) is 112 cm³/mol. The Balaban J connectivity index is 0.00000364. The molecule has 150 valence electrons. The predicted octanol–water partition coefficient (Wildman–Crippen LogP) is 4.18. The lowest BCUT2D eigenvalue weighted by Crippen LogP contribution is -2.38. The van der Waals surface area contributed by atoms with Gasteiger partial charge in [-0.3, -0.25) is 4.99 Å². The van der Waals surface area contributed by atoms with Crippen LogP contribution in [-0.4, -0.2) is 30.9 Å². The average molecular weight is 514 g/mol. The Kier molecular flexibility index (Phi) is 9.30. The second-order valence-electron chi connectivity index (χ2n) is 5.50. The van der Waals surface area contributed by atoms with Crippen LogP contribution in [0.15, 0.2) is 29.3 Å². The van der Waals surface area contributed by atoms with Gasteiger partial charge in [-0.2, -0.15) is 0 Å². The number of hydrogen-bond acceptors (Lipinski definition) is 4. The highest BCUT2D eigenvalue weighted by atomic mass is 127. The van der Waals surface area contributed by atoms with Gasteiger partial charge in [-0.1, -0.05) is 18.2 Å². The molecule has 0 unspecified atom stereocenters. The second kappa shape index (κ2) is 10.7. The standard InChI is InChI=1S/C17H21F3N4OS.HI/c1-11-15(26-12(2)24-11)8-9-22-16(21-3)23-10-13-6-4-5-7-14(13)25-17(18,19)20;/h4-7H,8-10H2,1-3H3,(H2,21,22,23);1H. The molecule has 1 aromatic heterocycles. The lowest BCUT2D eigenvalue weighted by Gasteiger charge is -2.15. The number of aromatic nitrogens is 1. The summed E-state index contributed by atoms with van der Waals surface area (Å²) in [5.41, 5.74) is 1.41. The number of aliphatic imine (C=N–C) groups is 1. The number of alkyl halides is 3. The number of aryl methyl sites for hydroxylation is 2. The third-order valence-electron chi connectivity index (χ3n) is 3.51. The minimum absolute atomic E-state index is 0. The second-order valence-corrected chi connectivity index (χ2v) is 6.79. The first-order valence-electron chi connectivity index (χ1n) is 7.99. The lowest BCUT2D eigenvalue weighted by atomic mass is 10.2. The zero-order valence-corrected chi connectivity index (χ0v) is 18.3. The number of guanidine groups is 1. The highest BCUT2D eigenvalue weighted by Crippen LogP contribution is 2.26. The van der Waals surface area contributed by atoms with Crippen LogP contribution in [0.25, 0.3) is 0 Å². The van der Waals surface area contributed by atoms with Crippen LogP contribution in [0, 0.1) is 13.8 Å². The molecule has 1 heterocycles. The zero-order valence-electron chi connectivity index (χ0n) is 15.2. The summed E-state index contributed by atoms with van der Waals surface area (Å²) in [7, 11) is 1.61. The number of nitrogens with zero attached hydrogens (tertiary/aromatic N) is 2. The number of thiazole rings is 1. The minimum atomic E-state index is -4.72. The first kappa shape index (κ1) is 23.5. The summed E-state index contributed by atoms with van der Waals surface area (Å²) in [5, 5.41) is 7.17. The van der Waals surface area contributed by atoms with Gasteiger partial charge in [0.05, 0.1) is 10.7 Å². The molecule has 0 radical (unpaired) electrons. The summed E-state index contributed by atoms with van der Waals surface area (Å²) >= 11 is 1.66. The Morgan fingerprint density at radius 1 is 1.22 bits per heavy atom. The first-order valence-corrected chi connectivity index (χ1v) is 8.81. The SMILES string of the molecule is CN=C(NCCc1sc(C)nc1C)NCc1ccccc1OC(F)(F)F.I. The van der Waals surface area contributed by atoms with Gasteiger partial charge < -0.3 is 15.4 Å². The van der Waals surface area contributed by atoms with Crippen molar-refractivity contribution in [1.82, 2.24) is 15.6 Å². The maximum absolute atomic E-state index is 12.5. The van der Waals surface area contributed by atoms with Crippen LogP contribution >= 0.6 is 35.3 Å². The molecule has 2 N–H and O–H groups in total. The minimum Gasteiger partial charge on any atom is -0.405 e. The van der Waals surface area contributed by atoms with Crippen molar-refractivity contribution in [3.8, 4) is 5.75 Å². The molecule has 0 saturated heterocycles. The molecule has 2 rings (SSSR count). The van der Waals surface area contributed by atoms with Crippen molar-refractivity contribution in [2.24, 2.45) is 4.99 Å². The van der Waals surface area contributed by atoms with Crippen molar-refractivity contribution in [2.45, 2.75) is 33.2 Å². The molecule has 0 bridgehead atoms. The highest BCUT2D eigenvalue weighted by molar-refractivity contribution is 14.0. The topological polar surface area (TPSA) is 58.5 Å². The van der Waals surface area contributed by atoms with E-state index in [2.05, 4.69) is 25.3 Å². The molecule has 0 amide bonds. The summed E-state index contributed by atoms with van der Waals surface area (Å²) in [6.07, 6.45) is -3.92.